The van der Waals surface area contributed by atoms with Gasteiger partial charge in [-0.15, -0.1) is 0 Å². The summed E-state index contributed by atoms with van der Waals surface area (Å²) >= 11 is 0. The smallest absolute Gasteiger partial charge is 0.271 e. The molecule has 4 aromatic rings. The van der Waals surface area contributed by atoms with Gasteiger partial charge in [-0.3, -0.25) is 14.7 Å². The molecule has 1 aliphatic rings. The number of hydrogen-bond donors (Lipinski definition) is 3. The highest BCUT2D eigenvalue weighted by Crippen LogP contribution is 2.29. The number of likely N-dealkylation sites (tertiary alicyclic amines) is 1. The molecule has 33 heavy (non-hydrogen) atoms. The van der Waals surface area contributed by atoms with Crippen LogP contribution in [0.25, 0.3) is 22.3 Å². The summed E-state index contributed by atoms with van der Waals surface area (Å²) in [7, 11) is 1.60. The first kappa shape index (κ1) is 20.7. The number of carbonyl (C=O) groups is 2. The fraction of sp³-hybridized carbons (Fsp3) is 0.250. The molecule has 0 bridgehead atoms. The number of anilines is 1. The molecule has 3 heterocycles. The average molecular weight is 444 g/mol. The molecule has 2 aromatic heterocycles. The van der Waals surface area contributed by atoms with Crippen molar-refractivity contribution in [2.24, 2.45) is 5.92 Å². The Balaban J connectivity index is 1.24. The van der Waals surface area contributed by atoms with Gasteiger partial charge in [0.05, 0.1) is 29.8 Å². The number of H-pyrrole nitrogens is 2. The molecule has 9 nitrogen and oxygen atoms in total. The lowest BCUT2D eigenvalue weighted by Crippen LogP contribution is -2.31. The summed E-state index contributed by atoms with van der Waals surface area (Å²) in [5.41, 5.74) is 4.26. The zero-order valence-electron chi connectivity index (χ0n) is 18.4. The SMILES string of the molecule is COc1ccccc1-c1cc(C(=O)N2CCC(C(=O)Nc3ccc4nc(C)[nH]c4c3)C2)[nH]n1. The summed E-state index contributed by atoms with van der Waals surface area (Å²) in [6, 6.07) is 14.8. The second kappa shape index (κ2) is 8.42. The molecule has 0 saturated carbocycles. The van der Waals surface area contributed by atoms with Gasteiger partial charge in [0.15, 0.2) is 0 Å². The van der Waals surface area contributed by atoms with Gasteiger partial charge in [-0.25, -0.2) is 4.98 Å². The fourth-order valence-corrected chi connectivity index (χ4v) is 4.21. The van der Waals surface area contributed by atoms with Crippen LogP contribution in [0.15, 0.2) is 48.5 Å². The molecule has 1 aliphatic heterocycles. The van der Waals surface area contributed by atoms with Crippen LogP contribution in [-0.4, -0.2) is 57.1 Å². The minimum atomic E-state index is -0.273. The third-order valence-corrected chi connectivity index (χ3v) is 5.91. The molecule has 0 spiro atoms. The Hall–Kier alpha value is -4.14. The Morgan fingerprint density at radius 1 is 1.18 bits per heavy atom. The number of imidazole rings is 1. The number of fused-ring (bicyclic) bond motifs is 1. The number of para-hydroxylation sites is 1. The molecule has 1 unspecified atom stereocenters. The number of aromatic nitrogens is 4. The molecule has 0 radical (unpaired) electrons. The minimum Gasteiger partial charge on any atom is -0.496 e. The normalized spacial score (nSPS) is 15.7. The Labute approximate surface area is 190 Å². The van der Waals surface area contributed by atoms with Crippen LogP contribution in [0.4, 0.5) is 5.69 Å². The Morgan fingerprint density at radius 3 is 2.88 bits per heavy atom. The maximum Gasteiger partial charge on any atom is 0.271 e. The lowest BCUT2D eigenvalue weighted by atomic mass is 10.1. The molecule has 2 amide bonds. The number of carbonyl (C=O) groups excluding carboxylic acids is 2. The highest BCUT2D eigenvalue weighted by atomic mass is 16.5. The molecular formula is C24H24N6O3. The van der Waals surface area contributed by atoms with Gasteiger partial charge < -0.3 is 19.9 Å². The highest BCUT2D eigenvalue weighted by molar-refractivity contribution is 5.97. The van der Waals surface area contributed by atoms with Gasteiger partial charge in [0.2, 0.25) is 5.91 Å². The topological polar surface area (TPSA) is 116 Å². The first-order chi connectivity index (χ1) is 16.0. The number of ether oxygens (including phenoxy) is 1. The van der Waals surface area contributed by atoms with E-state index in [4.69, 9.17) is 4.74 Å². The highest BCUT2D eigenvalue weighted by Gasteiger charge is 2.32. The van der Waals surface area contributed by atoms with E-state index in [-0.39, 0.29) is 17.7 Å². The Morgan fingerprint density at radius 2 is 2.03 bits per heavy atom. The number of benzene rings is 2. The van der Waals surface area contributed by atoms with Crippen LogP contribution in [0.5, 0.6) is 5.75 Å². The zero-order chi connectivity index (χ0) is 22.9. The minimum absolute atomic E-state index is 0.0970. The molecule has 2 aromatic carbocycles. The van der Waals surface area contributed by atoms with Crippen LogP contribution in [0.2, 0.25) is 0 Å². The van der Waals surface area contributed by atoms with Crippen molar-refractivity contribution in [3.63, 3.8) is 0 Å². The second-order valence-corrected chi connectivity index (χ2v) is 8.15. The van der Waals surface area contributed by atoms with E-state index in [1.165, 1.54) is 0 Å². The fourth-order valence-electron chi connectivity index (χ4n) is 4.21. The predicted molar refractivity (Wildman–Crippen MR) is 124 cm³/mol. The second-order valence-electron chi connectivity index (χ2n) is 8.15. The summed E-state index contributed by atoms with van der Waals surface area (Å²) in [5, 5.41) is 10.1. The van der Waals surface area contributed by atoms with E-state index in [9.17, 15) is 9.59 Å². The molecule has 5 rings (SSSR count). The van der Waals surface area contributed by atoms with Gasteiger partial charge in [-0.2, -0.15) is 5.10 Å². The Kier molecular flexibility index (Phi) is 5.29. The van der Waals surface area contributed by atoms with E-state index in [1.807, 2.05) is 49.4 Å². The number of nitrogens with one attached hydrogen (secondary N) is 3. The Bertz CT molecular complexity index is 1340. The van der Waals surface area contributed by atoms with E-state index in [1.54, 1.807) is 18.1 Å². The third kappa shape index (κ3) is 4.05. The monoisotopic (exact) mass is 444 g/mol. The van der Waals surface area contributed by atoms with Crippen molar-refractivity contribution in [3.8, 4) is 17.0 Å². The van der Waals surface area contributed by atoms with Crippen molar-refractivity contribution in [2.75, 3.05) is 25.5 Å². The van der Waals surface area contributed by atoms with Crippen LogP contribution in [0, 0.1) is 12.8 Å². The third-order valence-electron chi connectivity index (χ3n) is 5.91. The summed E-state index contributed by atoms with van der Waals surface area (Å²) in [5.74, 6) is 0.966. The number of hydrogen-bond acceptors (Lipinski definition) is 5. The van der Waals surface area contributed by atoms with Gasteiger partial charge in [-0.1, -0.05) is 12.1 Å². The van der Waals surface area contributed by atoms with Crippen molar-refractivity contribution in [1.29, 1.82) is 0 Å². The molecule has 1 saturated heterocycles. The lowest BCUT2D eigenvalue weighted by Gasteiger charge is -2.15. The molecule has 1 atom stereocenters. The molecule has 9 heteroatoms. The molecular weight excluding hydrogens is 420 g/mol. The average Bonchev–Trinajstić information content (AvgIpc) is 3.57. The number of aromatic amines is 2. The van der Waals surface area contributed by atoms with E-state index in [2.05, 4.69) is 25.5 Å². The van der Waals surface area contributed by atoms with Crippen molar-refractivity contribution in [1.82, 2.24) is 25.1 Å². The lowest BCUT2D eigenvalue weighted by molar-refractivity contribution is -0.119. The molecule has 1 fully saturated rings. The van der Waals surface area contributed by atoms with Crippen LogP contribution in [0.3, 0.4) is 0 Å². The first-order valence-corrected chi connectivity index (χ1v) is 10.8. The first-order valence-electron chi connectivity index (χ1n) is 10.8. The summed E-state index contributed by atoms with van der Waals surface area (Å²) in [6.07, 6.45) is 0.608. The van der Waals surface area contributed by atoms with Gasteiger partial charge in [0.1, 0.15) is 17.3 Å². The summed E-state index contributed by atoms with van der Waals surface area (Å²) in [4.78, 5) is 35.0. The quantitative estimate of drug-likeness (QED) is 0.436. The van der Waals surface area contributed by atoms with Crippen LogP contribution < -0.4 is 10.1 Å². The van der Waals surface area contributed by atoms with E-state index in [0.29, 0.717) is 42.3 Å². The predicted octanol–water partition coefficient (Wildman–Crippen LogP) is 3.37. The van der Waals surface area contributed by atoms with Gasteiger partial charge in [-0.05, 0) is 49.7 Å². The summed E-state index contributed by atoms with van der Waals surface area (Å²) in [6.45, 7) is 2.76. The van der Waals surface area contributed by atoms with Gasteiger partial charge in [0, 0.05) is 24.3 Å². The van der Waals surface area contributed by atoms with Gasteiger partial charge in [0.25, 0.3) is 5.91 Å². The van der Waals surface area contributed by atoms with Crippen molar-refractivity contribution in [3.05, 3.63) is 60.0 Å². The molecule has 168 valence electrons. The van der Waals surface area contributed by atoms with Gasteiger partial charge >= 0.3 is 0 Å². The van der Waals surface area contributed by atoms with Crippen molar-refractivity contribution in [2.45, 2.75) is 13.3 Å². The van der Waals surface area contributed by atoms with Crippen LogP contribution in [-0.2, 0) is 4.79 Å². The maximum absolute atomic E-state index is 13.0. The number of methoxy groups -OCH3 is 1. The number of aryl methyl sites for hydroxylation is 1. The summed E-state index contributed by atoms with van der Waals surface area (Å²) < 4.78 is 5.38. The number of amides is 2. The zero-order valence-corrected chi connectivity index (χ0v) is 18.4. The van der Waals surface area contributed by atoms with E-state index in [0.717, 1.165) is 22.4 Å². The van der Waals surface area contributed by atoms with Crippen LogP contribution in [0.1, 0.15) is 22.7 Å². The van der Waals surface area contributed by atoms with E-state index < -0.39 is 0 Å². The molecule has 0 aliphatic carbocycles. The maximum atomic E-state index is 13.0. The van der Waals surface area contributed by atoms with Crippen LogP contribution >= 0.6 is 0 Å². The standard InChI is InChI=1S/C24H24N6O3/c1-14-25-18-8-7-16(11-20(18)26-14)27-23(31)15-9-10-30(13-15)24(32)21-12-19(28-29-21)17-5-3-4-6-22(17)33-2/h3-8,11-12,15H,9-10,13H2,1-2H3,(H,25,26)(H,27,31)(H,28,29). The van der Waals surface area contributed by atoms with Crippen molar-refractivity contribution >= 4 is 28.5 Å². The molecule has 3 N–H and O–H groups in total. The van der Waals surface area contributed by atoms with E-state index >= 15 is 0 Å². The largest absolute Gasteiger partial charge is 0.496 e. The number of nitrogens with zero attached hydrogens (tertiary/aromatic N) is 3. The number of rotatable bonds is 5. The van der Waals surface area contributed by atoms with Crippen molar-refractivity contribution < 1.29 is 14.3 Å².